The molecule has 0 radical (unpaired) electrons. The largest absolute Gasteiger partial charge is 0.379 e. The fourth-order valence-electron chi connectivity index (χ4n) is 3.49. The van der Waals surface area contributed by atoms with Crippen molar-refractivity contribution in [3.63, 3.8) is 0 Å². The average molecular weight is 380 g/mol. The molecule has 146 valence electrons. The second-order valence-corrected chi connectivity index (χ2v) is 6.80. The van der Waals surface area contributed by atoms with Gasteiger partial charge in [-0.25, -0.2) is 4.79 Å². The van der Waals surface area contributed by atoms with Gasteiger partial charge in [-0.3, -0.25) is 14.6 Å². The van der Waals surface area contributed by atoms with Crippen LogP contribution in [-0.2, 0) is 11.8 Å². The minimum atomic E-state index is -0.238. The second kappa shape index (κ2) is 8.37. The third-order valence-corrected chi connectivity index (χ3v) is 4.98. The highest BCUT2D eigenvalue weighted by molar-refractivity contribution is 5.92. The van der Waals surface area contributed by atoms with Crippen molar-refractivity contribution in [2.24, 2.45) is 7.05 Å². The highest BCUT2D eigenvalue weighted by Gasteiger charge is 2.24. The molecule has 1 fully saturated rings. The first kappa shape index (κ1) is 18.4. The van der Waals surface area contributed by atoms with Crippen molar-refractivity contribution in [3.8, 4) is 0 Å². The van der Waals surface area contributed by atoms with Gasteiger partial charge in [-0.15, -0.1) is 0 Å². The van der Waals surface area contributed by atoms with Crippen LogP contribution in [0.2, 0.25) is 0 Å². The Kier molecular flexibility index (Phi) is 5.50. The average Bonchev–Trinajstić information content (AvgIpc) is 3.10. The quantitative estimate of drug-likeness (QED) is 0.709. The van der Waals surface area contributed by atoms with Crippen LogP contribution < -0.4 is 10.6 Å². The molecule has 28 heavy (non-hydrogen) atoms. The first-order chi connectivity index (χ1) is 13.7. The molecule has 1 saturated heterocycles. The first-order valence-electron chi connectivity index (χ1n) is 9.40. The zero-order valence-corrected chi connectivity index (χ0v) is 15.8. The molecule has 0 bridgehead atoms. The van der Waals surface area contributed by atoms with Crippen LogP contribution in [0.15, 0.2) is 48.8 Å². The fraction of sp³-hybridized carbons (Fsp3) is 0.350. The molecule has 8 nitrogen and oxygen atoms in total. The second-order valence-electron chi connectivity index (χ2n) is 6.80. The fourth-order valence-corrected chi connectivity index (χ4v) is 3.49. The predicted molar refractivity (Wildman–Crippen MR) is 107 cm³/mol. The lowest BCUT2D eigenvalue weighted by molar-refractivity contribution is 0.0159. The zero-order chi connectivity index (χ0) is 19.3. The van der Waals surface area contributed by atoms with Crippen LogP contribution in [0, 0.1) is 0 Å². The zero-order valence-electron chi connectivity index (χ0n) is 15.8. The molecule has 2 N–H and O–H groups in total. The Labute approximate surface area is 163 Å². The minimum absolute atomic E-state index is 0.0108. The molecular formula is C20H24N6O2. The van der Waals surface area contributed by atoms with Crippen molar-refractivity contribution in [1.82, 2.24) is 25.0 Å². The van der Waals surface area contributed by atoms with Crippen molar-refractivity contribution >= 4 is 22.6 Å². The monoisotopic (exact) mass is 380 g/mol. The maximum absolute atomic E-state index is 12.5. The molecular weight excluding hydrogens is 356 g/mol. The Hall–Kier alpha value is -2.97. The summed E-state index contributed by atoms with van der Waals surface area (Å²) in [6.07, 6.45) is 3.57. The number of fused-ring (bicyclic) bond motifs is 1. The third-order valence-electron chi connectivity index (χ3n) is 4.98. The highest BCUT2D eigenvalue weighted by Crippen LogP contribution is 2.20. The van der Waals surface area contributed by atoms with Crippen LogP contribution >= 0.6 is 0 Å². The molecule has 1 aliphatic rings. The van der Waals surface area contributed by atoms with Gasteiger partial charge in [0.05, 0.1) is 36.7 Å². The molecule has 0 spiro atoms. The van der Waals surface area contributed by atoms with E-state index >= 15 is 0 Å². The van der Waals surface area contributed by atoms with E-state index < -0.39 is 0 Å². The highest BCUT2D eigenvalue weighted by atomic mass is 16.5. The van der Waals surface area contributed by atoms with Gasteiger partial charge in [-0.05, 0) is 30.3 Å². The van der Waals surface area contributed by atoms with Crippen LogP contribution in [0.25, 0.3) is 10.9 Å². The summed E-state index contributed by atoms with van der Waals surface area (Å²) in [6.45, 7) is 3.50. The Bertz CT molecular complexity index is 936. The number of aromatic nitrogens is 3. The molecule has 1 aromatic carbocycles. The molecule has 2 amide bonds. The molecule has 3 heterocycles. The molecule has 2 aromatic heterocycles. The van der Waals surface area contributed by atoms with Gasteiger partial charge >= 0.3 is 6.03 Å². The van der Waals surface area contributed by atoms with E-state index in [4.69, 9.17) is 4.74 Å². The number of urea groups is 1. The van der Waals surface area contributed by atoms with Crippen LogP contribution in [0.5, 0.6) is 0 Å². The number of benzene rings is 1. The number of carbonyl (C=O) groups excluding carboxylic acids is 1. The molecule has 0 saturated carbocycles. The van der Waals surface area contributed by atoms with Gasteiger partial charge in [0, 0.05) is 44.0 Å². The van der Waals surface area contributed by atoms with E-state index in [1.165, 1.54) is 0 Å². The maximum atomic E-state index is 12.5. The molecule has 4 rings (SSSR count). The summed E-state index contributed by atoms with van der Waals surface area (Å²) < 4.78 is 7.26. The topological polar surface area (TPSA) is 84.3 Å². The number of carbonyl (C=O) groups is 1. The normalized spacial score (nSPS) is 16.0. The number of anilines is 1. The van der Waals surface area contributed by atoms with Crippen molar-refractivity contribution < 1.29 is 9.53 Å². The molecule has 1 atom stereocenters. The predicted octanol–water partition coefficient (Wildman–Crippen LogP) is 2.16. The van der Waals surface area contributed by atoms with Gasteiger partial charge in [-0.1, -0.05) is 6.07 Å². The number of ether oxygens (including phenoxy) is 1. The van der Waals surface area contributed by atoms with E-state index in [-0.39, 0.29) is 12.1 Å². The van der Waals surface area contributed by atoms with Crippen molar-refractivity contribution in [2.45, 2.75) is 6.04 Å². The van der Waals surface area contributed by atoms with Crippen LogP contribution in [0.4, 0.5) is 10.5 Å². The van der Waals surface area contributed by atoms with Crippen LogP contribution in [0.1, 0.15) is 11.7 Å². The van der Waals surface area contributed by atoms with Gasteiger partial charge in [0.1, 0.15) is 0 Å². The number of pyridine rings is 1. The summed E-state index contributed by atoms with van der Waals surface area (Å²) in [5, 5.41) is 11.1. The molecule has 0 unspecified atom stereocenters. The van der Waals surface area contributed by atoms with Crippen LogP contribution in [0.3, 0.4) is 0 Å². The summed E-state index contributed by atoms with van der Waals surface area (Å²) in [5.41, 5.74) is 2.70. The molecule has 1 aliphatic heterocycles. The molecule has 3 aromatic rings. The smallest absolute Gasteiger partial charge is 0.319 e. The van der Waals surface area contributed by atoms with Crippen molar-refractivity contribution in [1.29, 1.82) is 0 Å². The summed E-state index contributed by atoms with van der Waals surface area (Å²) >= 11 is 0. The summed E-state index contributed by atoms with van der Waals surface area (Å²) in [6, 6.07) is 11.4. The Morgan fingerprint density at radius 2 is 2.11 bits per heavy atom. The van der Waals surface area contributed by atoms with E-state index in [9.17, 15) is 4.79 Å². The number of hydrogen-bond acceptors (Lipinski definition) is 5. The van der Waals surface area contributed by atoms with Crippen LogP contribution in [-0.4, -0.2) is 58.5 Å². The SMILES string of the molecule is Cn1ncc2cc(NC(=O)NC[C@@H](c3ccccn3)N3CCOCC3)ccc21. The number of aryl methyl sites for hydroxylation is 1. The van der Waals surface area contributed by atoms with Crippen molar-refractivity contribution in [2.75, 3.05) is 38.2 Å². The van der Waals surface area contributed by atoms with E-state index in [1.54, 1.807) is 17.1 Å². The van der Waals surface area contributed by atoms with Gasteiger partial charge in [0.15, 0.2) is 0 Å². The lowest BCUT2D eigenvalue weighted by atomic mass is 10.1. The molecule has 8 heteroatoms. The number of hydrogen-bond donors (Lipinski definition) is 2. The van der Waals surface area contributed by atoms with E-state index in [0.29, 0.717) is 19.8 Å². The summed E-state index contributed by atoms with van der Waals surface area (Å²) in [7, 11) is 1.89. The Morgan fingerprint density at radius 1 is 1.25 bits per heavy atom. The number of morpholine rings is 1. The number of nitrogens with zero attached hydrogens (tertiary/aromatic N) is 4. The van der Waals surface area contributed by atoms with Gasteiger partial charge in [0.2, 0.25) is 0 Å². The Morgan fingerprint density at radius 3 is 2.89 bits per heavy atom. The standard InChI is InChI=1S/C20H24N6O2/c1-25-18-6-5-16(12-15(18)13-23-25)24-20(27)22-14-19(17-4-2-3-7-21-17)26-8-10-28-11-9-26/h2-7,12-13,19H,8-11,14H2,1H3,(H2,22,24,27)/t19-/m0/s1. The third kappa shape index (κ3) is 4.13. The summed E-state index contributed by atoms with van der Waals surface area (Å²) in [5.74, 6) is 0. The van der Waals surface area contributed by atoms with Gasteiger partial charge in [-0.2, -0.15) is 5.10 Å². The summed E-state index contributed by atoms with van der Waals surface area (Å²) in [4.78, 5) is 19.3. The van der Waals surface area contributed by atoms with Crippen molar-refractivity contribution in [3.05, 3.63) is 54.5 Å². The first-order valence-corrected chi connectivity index (χ1v) is 9.40. The molecule has 0 aliphatic carbocycles. The van der Waals surface area contributed by atoms with Gasteiger partial charge in [0.25, 0.3) is 0 Å². The van der Waals surface area contributed by atoms with E-state index in [0.717, 1.165) is 35.4 Å². The maximum Gasteiger partial charge on any atom is 0.319 e. The van der Waals surface area contributed by atoms with E-state index in [1.807, 2.05) is 43.4 Å². The minimum Gasteiger partial charge on any atom is -0.379 e. The lowest BCUT2D eigenvalue weighted by Gasteiger charge is -2.34. The number of nitrogens with one attached hydrogen (secondary N) is 2. The Balaban J connectivity index is 1.41. The van der Waals surface area contributed by atoms with E-state index in [2.05, 4.69) is 25.6 Å². The lowest BCUT2D eigenvalue weighted by Crippen LogP contribution is -2.44. The number of rotatable bonds is 5. The van der Waals surface area contributed by atoms with Gasteiger partial charge < -0.3 is 15.4 Å². The number of amides is 2.